The van der Waals surface area contributed by atoms with Crippen LogP contribution in [0.2, 0.25) is 0 Å². The minimum absolute atomic E-state index is 0.302. The number of aromatic nitrogens is 1. The van der Waals surface area contributed by atoms with Crippen molar-refractivity contribution in [1.82, 2.24) is 9.88 Å². The number of anilines is 1. The standard InChI is InChI=1S/C15H23N3O2/c1-3-12-8-11(15(19)20)9-14(17-12)16-10-13-6-4-5-7-18(13)2/h8-9,13H,3-7,10H2,1-2H3,(H,16,17)(H,19,20). The number of carbonyl (C=O) groups is 1. The molecule has 20 heavy (non-hydrogen) atoms. The number of likely N-dealkylation sites (N-methyl/N-ethyl adjacent to an activating group) is 1. The highest BCUT2D eigenvalue weighted by molar-refractivity contribution is 5.88. The summed E-state index contributed by atoms with van der Waals surface area (Å²) in [5, 5.41) is 12.4. The molecular formula is C15H23N3O2. The Hall–Kier alpha value is -1.62. The van der Waals surface area contributed by atoms with Gasteiger partial charge in [-0.1, -0.05) is 13.3 Å². The van der Waals surface area contributed by atoms with Gasteiger partial charge in [-0.05, 0) is 45.0 Å². The topological polar surface area (TPSA) is 65.5 Å². The van der Waals surface area contributed by atoms with Crippen LogP contribution in [0.4, 0.5) is 5.82 Å². The molecule has 1 aromatic rings. The van der Waals surface area contributed by atoms with Gasteiger partial charge >= 0.3 is 5.97 Å². The Kier molecular flexibility index (Phi) is 4.95. The number of rotatable bonds is 5. The molecular weight excluding hydrogens is 254 g/mol. The summed E-state index contributed by atoms with van der Waals surface area (Å²) in [6.45, 7) is 3.93. The predicted molar refractivity (Wildman–Crippen MR) is 79.3 cm³/mol. The Labute approximate surface area is 120 Å². The van der Waals surface area contributed by atoms with Gasteiger partial charge in [-0.3, -0.25) is 0 Å². The number of aryl methyl sites for hydroxylation is 1. The number of nitrogens with zero attached hydrogens (tertiary/aromatic N) is 2. The maximum absolute atomic E-state index is 11.1. The highest BCUT2D eigenvalue weighted by Gasteiger charge is 2.18. The molecule has 5 nitrogen and oxygen atoms in total. The first-order chi connectivity index (χ1) is 9.60. The van der Waals surface area contributed by atoms with Crippen LogP contribution >= 0.6 is 0 Å². The lowest BCUT2D eigenvalue weighted by Crippen LogP contribution is -2.40. The van der Waals surface area contributed by atoms with E-state index in [-0.39, 0.29) is 0 Å². The number of carboxylic acids is 1. The first kappa shape index (κ1) is 14.8. The van der Waals surface area contributed by atoms with Gasteiger partial charge in [0, 0.05) is 18.3 Å². The van der Waals surface area contributed by atoms with Gasteiger partial charge in [-0.25, -0.2) is 9.78 Å². The molecule has 110 valence electrons. The minimum atomic E-state index is -0.903. The molecule has 0 bridgehead atoms. The van der Waals surface area contributed by atoms with Gasteiger partial charge in [0.15, 0.2) is 0 Å². The lowest BCUT2D eigenvalue weighted by atomic mass is 10.0. The number of hydrogen-bond donors (Lipinski definition) is 2. The zero-order valence-corrected chi connectivity index (χ0v) is 12.2. The molecule has 1 aromatic heterocycles. The van der Waals surface area contributed by atoms with E-state index in [1.165, 1.54) is 19.3 Å². The van der Waals surface area contributed by atoms with Crippen LogP contribution < -0.4 is 5.32 Å². The fourth-order valence-electron chi connectivity index (χ4n) is 2.61. The van der Waals surface area contributed by atoms with Crippen LogP contribution in [0.15, 0.2) is 12.1 Å². The van der Waals surface area contributed by atoms with Gasteiger partial charge in [0.25, 0.3) is 0 Å². The van der Waals surface area contributed by atoms with Gasteiger partial charge in [-0.2, -0.15) is 0 Å². The van der Waals surface area contributed by atoms with E-state index in [1.54, 1.807) is 12.1 Å². The molecule has 1 unspecified atom stereocenters. The van der Waals surface area contributed by atoms with Crippen LogP contribution in [0.25, 0.3) is 0 Å². The largest absolute Gasteiger partial charge is 0.478 e. The van der Waals surface area contributed by atoms with Crippen LogP contribution in [-0.2, 0) is 6.42 Å². The van der Waals surface area contributed by atoms with Crippen molar-refractivity contribution in [3.63, 3.8) is 0 Å². The molecule has 2 rings (SSSR count). The molecule has 1 saturated heterocycles. The van der Waals surface area contributed by atoms with Crippen LogP contribution in [-0.4, -0.2) is 47.1 Å². The molecule has 2 heterocycles. The molecule has 0 spiro atoms. The van der Waals surface area contributed by atoms with Crippen molar-refractivity contribution in [2.75, 3.05) is 25.5 Å². The third kappa shape index (κ3) is 3.70. The van der Waals surface area contributed by atoms with Crippen LogP contribution in [0.1, 0.15) is 42.2 Å². The van der Waals surface area contributed by atoms with Crippen LogP contribution in [0, 0.1) is 0 Å². The smallest absolute Gasteiger partial charge is 0.335 e. The van der Waals surface area contributed by atoms with Gasteiger partial charge in [0.1, 0.15) is 5.82 Å². The Balaban J connectivity index is 2.04. The SMILES string of the molecule is CCc1cc(C(=O)O)cc(NCC2CCCCN2C)n1. The Bertz CT molecular complexity index is 476. The molecule has 5 heteroatoms. The summed E-state index contributed by atoms with van der Waals surface area (Å²) in [7, 11) is 2.14. The molecule has 1 aliphatic rings. The molecule has 1 fully saturated rings. The molecule has 0 saturated carbocycles. The average Bonchev–Trinajstić information content (AvgIpc) is 2.46. The summed E-state index contributed by atoms with van der Waals surface area (Å²) < 4.78 is 0. The van der Waals surface area contributed by atoms with Gasteiger partial charge < -0.3 is 15.3 Å². The minimum Gasteiger partial charge on any atom is -0.478 e. The van der Waals surface area contributed by atoms with Crippen LogP contribution in [0.3, 0.4) is 0 Å². The van der Waals surface area contributed by atoms with Gasteiger partial charge in [0.05, 0.1) is 5.56 Å². The number of hydrogen-bond acceptors (Lipinski definition) is 4. The quantitative estimate of drug-likeness (QED) is 0.864. The molecule has 1 aliphatic heterocycles. The number of piperidine rings is 1. The number of carboxylic acid groups (broad SMARTS) is 1. The summed E-state index contributed by atoms with van der Waals surface area (Å²) in [6, 6.07) is 3.76. The lowest BCUT2D eigenvalue weighted by molar-refractivity contribution is 0.0696. The molecule has 2 N–H and O–H groups in total. The van der Waals surface area contributed by atoms with E-state index in [2.05, 4.69) is 22.2 Å². The third-order valence-electron chi connectivity index (χ3n) is 3.93. The second-order valence-corrected chi connectivity index (χ2v) is 5.40. The van der Waals surface area contributed by atoms with Crippen molar-refractivity contribution in [2.24, 2.45) is 0 Å². The normalized spacial score (nSPS) is 19.8. The summed E-state index contributed by atoms with van der Waals surface area (Å²) in [4.78, 5) is 17.9. The summed E-state index contributed by atoms with van der Waals surface area (Å²) >= 11 is 0. The molecule has 0 aliphatic carbocycles. The second-order valence-electron chi connectivity index (χ2n) is 5.40. The van der Waals surface area contributed by atoms with E-state index in [1.807, 2.05) is 6.92 Å². The van der Waals surface area contributed by atoms with Crippen molar-refractivity contribution >= 4 is 11.8 Å². The van der Waals surface area contributed by atoms with E-state index in [9.17, 15) is 4.79 Å². The van der Waals surface area contributed by atoms with Crippen molar-refractivity contribution in [3.8, 4) is 0 Å². The Morgan fingerprint density at radius 3 is 2.95 bits per heavy atom. The zero-order valence-electron chi connectivity index (χ0n) is 12.2. The second kappa shape index (κ2) is 6.70. The predicted octanol–water partition coefficient (Wildman–Crippen LogP) is 2.24. The number of likely N-dealkylation sites (tertiary alicyclic amines) is 1. The van der Waals surface area contributed by atoms with E-state index < -0.39 is 5.97 Å². The maximum Gasteiger partial charge on any atom is 0.335 e. The van der Waals surface area contributed by atoms with Gasteiger partial charge in [-0.15, -0.1) is 0 Å². The van der Waals surface area contributed by atoms with Crippen molar-refractivity contribution in [3.05, 3.63) is 23.4 Å². The average molecular weight is 277 g/mol. The first-order valence-corrected chi connectivity index (χ1v) is 7.28. The fourth-order valence-corrected chi connectivity index (χ4v) is 2.61. The summed E-state index contributed by atoms with van der Waals surface area (Å²) in [6.07, 6.45) is 4.45. The van der Waals surface area contributed by atoms with Gasteiger partial charge in [0.2, 0.25) is 0 Å². The van der Waals surface area contributed by atoms with Crippen LogP contribution in [0.5, 0.6) is 0 Å². The third-order valence-corrected chi connectivity index (χ3v) is 3.93. The molecule has 0 amide bonds. The highest BCUT2D eigenvalue weighted by Crippen LogP contribution is 2.17. The van der Waals surface area contributed by atoms with E-state index in [0.717, 1.165) is 25.2 Å². The maximum atomic E-state index is 11.1. The Morgan fingerprint density at radius 1 is 1.50 bits per heavy atom. The van der Waals surface area contributed by atoms with Crippen molar-refractivity contribution in [2.45, 2.75) is 38.6 Å². The Morgan fingerprint density at radius 2 is 2.30 bits per heavy atom. The molecule has 1 atom stereocenters. The molecule has 0 aromatic carbocycles. The van der Waals surface area contributed by atoms with Crippen molar-refractivity contribution in [1.29, 1.82) is 0 Å². The van der Waals surface area contributed by atoms with Crippen molar-refractivity contribution < 1.29 is 9.90 Å². The van der Waals surface area contributed by atoms with E-state index in [4.69, 9.17) is 5.11 Å². The number of nitrogens with one attached hydrogen (secondary N) is 1. The number of pyridine rings is 1. The zero-order chi connectivity index (χ0) is 14.5. The summed E-state index contributed by atoms with van der Waals surface area (Å²) in [5.74, 6) is -0.236. The highest BCUT2D eigenvalue weighted by atomic mass is 16.4. The molecule has 0 radical (unpaired) electrons. The monoisotopic (exact) mass is 277 g/mol. The lowest BCUT2D eigenvalue weighted by Gasteiger charge is -2.32. The van der Waals surface area contributed by atoms with E-state index in [0.29, 0.717) is 17.4 Å². The fraction of sp³-hybridized carbons (Fsp3) is 0.600. The van der Waals surface area contributed by atoms with E-state index >= 15 is 0 Å². The summed E-state index contributed by atoms with van der Waals surface area (Å²) in [5.41, 5.74) is 1.11. The number of aromatic carboxylic acids is 1. The first-order valence-electron chi connectivity index (χ1n) is 7.28.